The second kappa shape index (κ2) is 8.32. The Kier molecular flexibility index (Phi) is 5.28. The van der Waals surface area contributed by atoms with E-state index in [2.05, 4.69) is 15.6 Å². The molecule has 10 heteroatoms. The fraction of sp³-hybridized carbons (Fsp3) is 0.200. The van der Waals surface area contributed by atoms with Gasteiger partial charge in [-0.2, -0.15) is 0 Å². The van der Waals surface area contributed by atoms with Crippen LogP contribution in [0, 0.1) is 0 Å². The molecule has 1 saturated heterocycles. The average molecular weight is 474 g/mol. The van der Waals surface area contributed by atoms with Gasteiger partial charge in [0.2, 0.25) is 0 Å². The van der Waals surface area contributed by atoms with E-state index in [0.717, 1.165) is 5.56 Å². The van der Waals surface area contributed by atoms with Gasteiger partial charge in [0, 0.05) is 17.7 Å². The average Bonchev–Trinajstić information content (AvgIpc) is 3.33. The largest absolute Gasteiger partial charge is 0.508 e. The number of aromatic hydroxyl groups is 1. The summed E-state index contributed by atoms with van der Waals surface area (Å²) in [4.78, 5) is 45.0. The summed E-state index contributed by atoms with van der Waals surface area (Å²) < 4.78 is 10.7. The highest BCUT2D eigenvalue weighted by Gasteiger charge is 2.53. The molecule has 0 bridgehead atoms. The number of fused-ring (bicyclic) bond motifs is 1. The molecule has 2 aromatic carbocycles. The van der Waals surface area contributed by atoms with Gasteiger partial charge < -0.3 is 24.8 Å². The minimum atomic E-state index is -1.70. The maximum atomic E-state index is 13.3. The van der Waals surface area contributed by atoms with Crippen molar-refractivity contribution in [1.82, 2.24) is 20.5 Å². The number of phenolic OH excluding ortho intramolecular Hbond substituents is 1. The summed E-state index contributed by atoms with van der Waals surface area (Å²) in [5.41, 5.74) is 0.750. The first-order valence-electron chi connectivity index (χ1n) is 10.8. The van der Waals surface area contributed by atoms with Gasteiger partial charge in [0.1, 0.15) is 22.9 Å². The minimum absolute atomic E-state index is 0.0548. The van der Waals surface area contributed by atoms with Crippen molar-refractivity contribution in [3.8, 4) is 28.5 Å². The molecule has 0 radical (unpaired) electrons. The first kappa shape index (κ1) is 22.2. The molecule has 10 nitrogen and oxygen atoms in total. The summed E-state index contributed by atoms with van der Waals surface area (Å²) in [6.07, 6.45) is 0. The molecule has 178 valence electrons. The molecule has 1 fully saturated rings. The van der Waals surface area contributed by atoms with Gasteiger partial charge in [-0.15, -0.1) is 0 Å². The first-order chi connectivity index (χ1) is 16.8. The molecule has 3 heterocycles. The van der Waals surface area contributed by atoms with Crippen LogP contribution in [-0.4, -0.2) is 53.6 Å². The Morgan fingerprint density at radius 1 is 1.06 bits per heavy atom. The maximum Gasteiger partial charge on any atom is 0.322 e. The molecular weight excluding hydrogens is 452 g/mol. The molecule has 0 spiro atoms. The molecule has 0 saturated carbocycles. The number of urea groups is 1. The third-order valence-electron chi connectivity index (χ3n) is 6.19. The maximum absolute atomic E-state index is 13.3. The highest BCUT2D eigenvalue weighted by molar-refractivity contribution is 6.08. The Hall–Kier alpha value is -4.60. The Balaban J connectivity index is 1.59. The third-order valence-corrected chi connectivity index (χ3v) is 6.19. The lowest BCUT2D eigenvalue weighted by atomic mass is 9.92. The number of benzene rings is 2. The Labute approximate surface area is 200 Å². The number of imide groups is 1. The number of nitrogens with one attached hydrogen (secondary N) is 2. The monoisotopic (exact) mass is 474 g/mol. The molecule has 3 aromatic rings. The first-order valence-corrected chi connectivity index (χ1v) is 10.8. The fourth-order valence-corrected chi connectivity index (χ4v) is 4.47. The van der Waals surface area contributed by atoms with E-state index in [1.165, 1.54) is 31.3 Å². The Bertz CT molecular complexity index is 1370. The zero-order valence-corrected chi connectivity index (χ0v) is 19.0. The van der Waals surface area contributed by atoms with E-state index in [-0.39, 0.29) is 36.2 Å². The number of amides is 4. The van der Waals surface area contributed by atoms with Crippen molar-refractivity contribution < 1.29 is 29.0 Å². The van der Waals surface area contributed by atoms with Gasteiger partial charge in [-0.05, 0) is 42.0 Å². The van der Waals surface area contributed by atoms with Crippen molar-refractivity contribution in [3.63, 3.8) is 0 Å². The number of phenols is 1. The summed E-state index contributed by atoms with van der Waals surface area (Å²) in [6.45, 7) is 0.0743. The van der Waals surface area contributed by atoms with E-state index < -0.39 is 17.5 Å². The van der Waals surface area contributed by atoms with Crippen molar-refractivity contribution in [2.75, 3.05) is 20.8 Å². The number of hydrogen-bond donors (Lipinski definition) is 3. The van der Waals surface area contributed by atoms with Crippen LogP contribution in [0.3, 0.4) is 0 Å². The Morgan fingerprint density at radius 3 is 2.57 bits per heavy atom. The number of carbonyl (C=O) groups is 3. The van der Waals surface area contributed by atoms with E-state index in [9.17, 15) is 19.5 Å². The van der Waals surface area contributed by atoms with Crippen molar-refractivity contribution in [1.29, 1.82) is 0 Å². The van der Waals surface area contributed by atoms with Crippen molar-refractivity contribution in [2.45, 2.75) is 12.1 Å². The van der Waals surface area contributed by atoms with Crippen LogP contribution in [0.25, 0.3) is 11.3 Å². The SMILES string of the molecule is COc1ccc2c(c1)C(=O)N(CC1(c3nc(-c4cccc(O)c4)ccc3OC)NC(=O)NC1=O)C2. The quantitative estimate of drug-likeness (QED) is 0.467. The number of methoxy groups -OCH3 is 2. The standard InChI is InChI=1S/C25H22N4O6/c1-34-17-7-6-15-12-29(22(31)18(15)11-17)13-25(23(32)27-24(33)28-25)21-20(35-2)9-8-19(26-21)14-4-3-5-16(30)10-14/h3-11,30H,12-13H2,1-2H3,(H2,27,28,32,33). The molecule has 0 aliphatic carbocycles. The highest BCUT2D eigenvalue weighted by atomic mass is 16.5. The second-order valence-corrected chi connectivity index (χ2v) is 8.30. The van der Waals surface area contributed by atoms with Gasteiger partial charge in [-0.3, -0.25) is 14.9 Å². The minimum Gasteiger partial charge on any atom is -0.508 e. The summed E-state index contributed by atoms with van der Waals surface area (Å²) in [6, 6.07) is 14.3. The van der Waals surface area contributed by atoms with Crippen LogP contribution in [0.5, 0.6) is 17.2 Å². The molecule has 35 heavy (non-hydrogen) atoms. The number of carbonyl (C=O) groups excluding carboxylic acids is 3. The van der Waals surface area contributed by atoms with Crippen LogP contribution in [0.2, 0.25) is 0 Å². The number of aromatic nitrogens is 1. The molecule has 2 aliphatic rings. The van der Waals surface area contributed by atoms with Crippen LogP contribution in [-0.2, 0) is 16.9 Å². The van der Waals surface area contributed by atoms with E-state index in [1.54, 1.807) is 42.5 Å². The third kappa shape index (κ3) is 3.68. The summed E-state index contributed by atoms with van der Waals surface area (Å²) >= 11 is 0. The molecule has 5 rings (SSSR count). The van der Waals surface area contributed by atoms with E-state index in [1.807, 2.05) is 0 Å². The predicted molar refractivity (Wildman–Crippen MR) is 124 cm³/mol. The van der Waals surface area contributed by atoms with Gasteiger partial charge in [-0.1, -0.05) is 18.2 Å². The Morgan fingerprint density at radius 2 is 1.89 bits per heavy atom. The van der Waals surface area contributed by atoms with Gasteiger partial charge >= 0.3 is 6.03 Å². The number of hydrogen-bond acceptors (Lipinski definition) is 7. The number of nitrogens with zero attached hydrogens (tertiary/aromatic N) is 2. The van der Waals surface area contributed by atoms with Gasteiger partial charge in [0.15, 0.2) is 5.54 Å². The summed E-state index contributed by atoms with van der Waals surface area (Å²) in [7, 11) is 2.95. The van der Waals surface area contributed by atoms with Crippen LogP contribution in [0.4, 0.5) is 4.79 Å². The summed E-state index contributed by atoms with van der Waals surface area (Å²) in [5.74, 6) is -0.0861. The van der Waals surface area contributed by atoms with E-state index in [0.29, 0.717) is 22.6 Å². The lowest BCUT2D eigenvalue weighted by Crippen LogP contribution is -2.53. The number of pyridine rings is 1. The fourth-order valence-electron chi connectivity index (χ4n) is 4.47. The van der Waals surface area contributed by atoms with E-state index in [4.69, 9.17) is 9.47 Å². The lowest BCUT2D eigenvalue weighted by molar-refractivity contribution is -0.125. The van der Waals surface area contributed by atoms with Crippen LogP contribution in [0.1, 0.15) is 21.6 Å². The van der Waals surface area contributed by atoms with Crippen LogP contribution < -0.4 is 20.1 Å². The molecule has 3 N–H and O–H groups in total. The predicted octanol–water partition coefficient (Wildman–Crippen LogP) is 2.16. The molecule has 1 atom stereocenters. The number of ether oxygens (including phenoxy) is 2. The van der Waals surface area contributed by atoms with Crippen LogP contribution >= 0.6 is 0 Å². The van der Waals surface area contributed by atoms with E-state index >= 15 is 0 Å². The van der Waals surface area contributed by atoms with Gasteiger partial charge in [0.05, 0.1) is 26.5 Å². The number of rotatable bonds is 6. The summed E-state index contributed by atoms with van der Waals surface area (Å²) in [5, 5.41) is 14.9. The molecule has 4 amide bonds. The molecule has 1 unspecified atom stereocenters. The smallest absolute Gasteiger partial charge is 0.322 e. The zero-order valence-electron chi connectivity index (χ0n) is 19.0. The highest BCUT2D eigenvalue weighted by Crippen LogP contribution is 2.37. The molecule has 2 aliphatic heterocycles. The lowest BCUT2D eigenvalue weighted by Gasteiger charge is -2.31. The van der Waals surface area contributed by atoms with Gasteiger partial charge in [0.25, 0.3) is 11.8 Å². The van der Waals surface area contributed by atoms with Crippen molar-refractivity contribution >= 4 is 17.8 Å². The molecular formula is C25H22N4O6. The second-order valence-electron chi connectivity index (χ2n) is 8.30. The topological polar surface area (TPSA) is 130 Å². The molecule has 1 aromatic heterocycles. The van der Waals surface area contributed by atoms with Crippen molar-refractivity contribution in [3.05, 3.63) is 71.4 Å². The normalized spacial score (nSPS) is 18.8. The van der Waals surface area contributed by atoms with Gasteiger partial charge in [-0.25, -0.2) is 9.78 Å². The van der Waals surface area contributed by atoms with Crippen LogP contribution in [0.15, 0.2) is 54.6 Å². The zero-order chi connectivity index (χ0) is 24.7. The van der Waals surface area contributed by atoms with Crippen molar-refractivity contribution in [2.24, 2.45) is 0 Å².